The van der Waals surface area contributed by atoms with Crippen molar-refractivity contribution in [1.29, 1.82) is 0 Å². The number of halogens is 2. The first-order valence-electron chi connectivity index (χ1n) is 18.8. The van der Waals surface area contributed by atoms with Crippen LogP contribution in [0.1, 0.15) is 54.7 Å². The predicted molar refractivity (Wildman–Crippen MR) is 213 cm³/mol. The number of H-pyrrole nitrogens is 1. The first-order valence-corrected chi connectivity index (χ1v) is 19.2. The van der Waals surface area contributed by atoms with Crippen LogP contribution in [0.15, 0.2) is 79.1 Å². The normalized spacial score (nSPS) is 14.3. The Balaban J connectivity index is 0.848. The summed E-state index contributed by atoms with van der Waals surface area (Å²) < 4.78 is 19.7. The predicted octanol–water partition coefficient (Wildman–Crippen LogP) is 7.52. The van der Waals surface area contributed by atoms with E-state index in [1.54, 1.807) is 19.3 Å². The maximum Gasteiger partial charge on any atom is 0.229 e. The van der Waals surface area contributed by atoms with Crippen LogP contribution in [0.25, 0.3) is 22.2 Å². The van der Waals surface area contributed by atoms with Gasteiger partial charge in [0.2, 0.25) is 11.9 Å². The minimum Gasteiger partial charge on any atom is -0.381 e. The molecule has 1 fully saturated rings. The molecule has 1 amide bonds. The third-order valence-electron chi connectivity index (χ3n) is 9.97. The molecule has 3 aromatic carbocycles. The van der Waals surface area contributed by atoms with Crippen molar-refractivity contribution in [1.82, 2.24) is 30.1 Å². The number of benzene rings is 3. The lowest BCUT2D eigenvalue weighted by molar-refractivity contribution is -0.122. The molecular formula is C42H49ClFN7O3. The van der Waals surface area contributed by atoms with E-state index in [0.29, 0.717) is 35.1 Å². The molecule has 1 atom stereocenters. The van der Waals surface area contributed by atoms with E-state index in [1.165, 1.54) is 23.3 Å². The Hall–Kier alpha value is -4.68. The zero-order valence-electron chi connectivity index (χ0n) is 30.8. The molecule has 6 rings (SSSR count). The number of aromatic nitrogens is 3. The number of aldehydes is 1. The molecule has 10 nitrogen and oxygen atoms in total. The Morgan fingerprint density at radius 3 is 2.46 bits per heavy atom. The number of aromatic amines is 1. The number of nitrogens with one attached hydrogen (secondary N) is 3. The standard InChI is InChI=1S/C42H49ClFN7O3/c1-45-41(53)37(7-4-21-52)32-12-8-30(9-13-32)6-5-23-54-22-3-2-16-50-17-19-51(20-18-50)29-31-10-14-33(15-11-31)38-27-46-40-39(38)28-47-42(49-40)48-36-25-34(43)24-35(44)26-36/h8-15,21,24-28,37H,2-7,16-20,22-23,29H2,1H3,(H,45,53)(H2,46,47,48,49). The molecule has 2 aromatic heterocycles. The van der Waals surface area contributed by atoms with Crippen molar-refractivity contribution in [3.63, 3.8) is 0 Å². The lowest BCUT2D eigenvalue weighted by Gasteiger charge is -2.34. The van der Waals surface area contributed by atoms with Crippen molar-refractivity contribution in [3.05, 3.63) is 107 Å². The lowest BCUT2D eigenvalue weighted by Crippen LogP contribution is -2.46. The van der Waals surface area contributed by atoms with E-state index in [2.05, 4.69) is 71.8 Å². The van der Waals surface area contributed by atoms with Gasteiger partial charge in [-0.3, -0.25) is 9.69 Å². The Labute approximate surface area is 321 Å². The number of aryl methyl sites for hydroxylation is 1. The molecule has 0 bridgehead atoms. The number of piperazine rings is 1. The second-order valence-corrected chi connectivity index (χ2v) is 14.3. The molecule has 3 heterocycles. The SMILES string of the molecule is CNC(=O)C(CCC=O)c1ccc(CCCOCCCCN2CCN(Cc3ccc(-c4c[nH]c5nc(Nc6cc(F)cc(Cl)c6)ncc45)cc3)CC2)cc1. The van der Waals surface area contributed by atoms with E-state index < -0.39 is 5.82 Å². The summed E-state index contributed by atoms with van der Waals surface area (Å²) in [6, 6.07) is 21.1. The summed E-state index contributed by atoms with van der Waals surface area (Å²) in [5.41, 5.74) is 6.76. The number of carbonyl (C=O) groups is 2. The van der Waals surface area contributed by atoms with Gasteiger partial charge in [-0.15, -0.1) is 0 Å². The van der Waals surface area contributed by atoms with E-state index in [-0.39, 0.29) is 11.8 Å². The highest BCUT2D eigenvalue weighted by atomic mass is 35.5. The fraction of sp³-hybridized carbons (Fsp3) is 0.381. The molecule has 284 valence electrons. The van der Waals surface area contributed by atoms with Crippen molar-refractivity contribution < 1.29 is 18.7 Å². The van der Waals surface area contributed by atoms with E-state index in [4.69, 9.17) is 16.3 Å². The lowest BCUT2D eigenvalue weighted by atomic mass is 9.92. The number of carbonyl (C=O) groups excluding carboxylic acids is 2. The van der Waals surface area contributed by atoms with Crippen LogP contribution in [0, 0.1) is 5.82 Å². The number of unbranched alkanes of at least 4 members (excludes halogenated alkanes) is 1. The molecular weight excluding hydrogens is 705 g/mol. The Morgan fingerprint density at radius 1 is 0.981 bits per heavy atom. The first kappa shape index (κ1) is 39.0. The fourth-order valence-electron chi connectivity index (χ4n) is 6.97. The third-order valence-corrected chi connectivity index (χ3v) is 10.2. The third kappa shape index (κ3) is 10.9. The minimum absolute atomic E-state index is 0.0539. The monoisotopic (exact) mass is 753 g/mol. The summed E-state index contributed by atoms with van der Waals surface area (Å²) >= 11 is 5.98. The van der Waals surface area contributed by atoms with Crippen LogP contribution >= 0.6 is 11.6 Å². The second kappa shape index (κ2) is 19.6. The maximum absolute atomic E-state index is 13.7. The minimum atomic E-state index is -0.429. The van der Waals surface area contributed by atoms with Crippen molar-refractivity contribution in [2.45, 2.75) is 51.0 Å². The molecule has 0 radical (unpaired) electrons. The van der Waals surface area contributed by atoms with Gasteiger partial charge in [0.25, 0.3) is 0 Å². The largest absolute Gasteiger partial charge is 0.381 e. The number of nitrogens with zero attached hydrogens (tertiary/aromatic N) is 4. The fourth-order valence-corrected chi connectivity index (χ4v) is 7.20. The van der Waals surface area contributed by atoms with Crippen LogP contribution in [0.4, 0.5) is 16.0 Å². The zero-order valence-corrected chi connectivity index (χ0v) is 31.6. The molecule has 3 N–H and O–H groups in total. The van der Waals surface area contributed by atoms with Gasteiger partial charge in [-0.05, 0) is 79.1 Å². The molecule has 1 unspecified atom stereocenters. The summed E-state index contributed by atoms with van der Waals surface area (Å²) in [7, 11) is 1.63. The van der Waals surface area contributed by atoms with E-state index in [9.17, 15) is 14.0 Å². The van der Waals surface area contributed by atoms with Gasteiger partial charge in [0.05, 0.1) is 5.92 Å². The van der Waals surface area contributed by atoms with Crippen LogP contribution in [0.5, 0.6) is 0 Å². The van der Waals surface area contributed by atoms with Gasteiger partial charge >= 0.3 is 0 Å². The molecule has 54 heavy (non-hydrogen) atoms. The topological polar surface area (TPSA) is 115 Å². The summed E-state index contributed by atoms with van der Waals surface area (Å²) in [6.45, 7) is 7.84. The van der Waals surface area contributed by atoms with Gasteiger partial charge in [-0.25, -0.2) is 9.37 Å². The number of likely N-dealkylation sites (N-methyl/N-ethyl adjacent to an activating group) is 1. The van der Waals surface area contributed by atoms with Gasteiger partial charge in [-0.2, -0.15) is 4.98 Å². The molecule has 0 saturated carbocycles. The van der Waals surface area contributed by atoms with E-state index in [0.717, 1.165) is 107 Å². The maximum atomic E-state index is 13.7. The summed E-state index contributed by atoms with van der Waals surface area (Å²) in [4.78, 5) is 40.4. The summed E-state index contributed by atoms with van der Waals surface area (Å²) in [5.74, 6) is -0.420. The van der Waals surface area contributed by atoms with E-state index in [1.807, 2.05) is 18.3 Å². The highest BCUT2D eigenvalue weighted by Crippen LogP contribution is 2.29. The zero-order chi connectivity index (χ0) is 37.7. The number of hydrogen-bond donors (Lipinski definition) is 3. The van der Waals surface area contributed by atoms with Crippen molar-refractivity contribution >= 4 is 46.5 Å². The molecule has 12 heteroatoms. The number of hydrogen-bond acceptors (Lipinski definition) is 8. The van der Waals surface area contributed by atoms with Crippen molar-refractivity contribution in [3.8, 4) is 11.1 Å². The molecule has 1 aliphatic heterocycles. The van der Waals surface area contributed by atoms with Crippen LogP contribution in [0.2, 0.25) is 5.02 Å². The van der Waals surface area contributed by atoms with Crippen LogP contribution in [-0.2, 0) is 27.3 Å². The average molecular weight is 754 g/mol. The van der Waals surface area contributed by atoms with Crippen LogP contribution in [-0.4, -0.2) is 89.9 Å². The quantitative estimate of drug-likeness (QED) is 0.0587. The molecule has 0 aliphatic carbocycles. The number of rotatable bonds is 19. The summed E-state index contributed by atoms with van der Waals surface area (Å²) in [5, 5.41) is 6.94. The highest BCUT2D eigenvalue weighted by molar-refractivity contribution is 6.30. The van der Waals surface area contributed by atoms with Gasteiger partial charge in [0, 0.05) is 93.5 Å². The molecule has 1 saturated heterocycles. The highest BCUT2D eigenvalue weighted by Gasteiger charge is 2.19. The smallest absolute Gasteiger partial charge is 0.229 e. The Bertz CT molecular complexity index is 1940. The van der Waals surface area contributed by atoms with Crippen LogP contribution in [0.3, 0.4) is 0 Å². The second-order valence-electron chi connectivity index (χ2n) is 13.8. The number of anilines is 2. The first-order chi connectivity index (χ1) is 26.4. The Kier molecular flexibility index (Phi) is 14.2. The van der Waals surface area contributed by atoms with Crippen molar-refractivity contribution in [2.24, 2.45) is 0 Å². The molecule has 5 aromatic rings. The van der Waals surface area contributed by atoms with Gasteiger partial charge < -0.3 is 30.0 Å². The number of fused-ring (bicyclic) bond motifs is 1. The summed E-state index contributed by atoms with van der Waals surface area (Å²) in [6.07, 6.45) is 9.57. The average Bonchev–Trinajstić information content (AvgIpc) is 3.60. The van der Waals surface area contributed by atoms with Gasteiger partial charge in [0.15, 0.2) is 0 Å². The van der Waals surface area contributed by atoms with Gasteiger partial charge in [0.1, 0.15) is 17.8 Å². The molecule has 1 aliphatic rings. The number of amides is 1. The molecule has 0 spiro atoms. The number of ether oxygens (including phenoxy) is 1. The Morgan fingerprint density at radius 2 is 1.72 bits per heavy atom. The van der Waals surface area contributed by atoms with Gasteiger partial charge in [-0.1, -0.05) is 60.1 Å². The van der Waals surface area contributed by atoms with Crippen LogP contribution < -0.4 is 10.6 Å². The van der Waals surface area contributed by atoms with E-state index >= 15 is 0 Å². The van der Waals surface area contributed by atoms with Crippen molar-refractivity contribution in [2.75, 3.05) is 58.3 Å².